The number of hydrogen-bond donors (Lipinski definition) is 0. The molecule has 0 aromatic carbocycles. The highest BCUT2D eigenvalue weighted by atomic mass is 127. The number of halogens is 1. The molecule has 2 atom stereocenters. The number of β-lactam (4-membered cyclic amide) rings is 1. The van der Waals surface area contributed by atoms with Gasteiger partial charge < -0.3 is 4.90 Å². The quantitative estimate of drug-likeness (QED) is 0.361. The maximum absolute atomic E-state index is 10.9. The van der Waals surface area contributed by atoms with Crippen LogP contribution in [0.25, 0.3) is 0 Å². The van der Waals surface area contributed by atoms with Gasteiger partial charge in [0, 0.05) is 12.3 Å². The Morgan fingerprint density at radius 3 is 3.22 bits per heavy atom. The molecule has 2 aliphatic rings. The lowest BCUT2D eigenvalue weighted by molar-refractivity contribution is -0.138. The Morgan fingerprint density at radius 1 is 1.78 bits per heavy atom. The Hall–Kier alpha value is 0.550. The summed E-state index contributed by atoms with van der Waals surface area (Å²) in [7, 11) is 0. The van der Waals surface area contributed by atoms with E-state index in [0.29, 0.717) is 11.3 Å². The number of carbonyl (C=O) groups is 1. The van der Waals surface area contributed by atoms with E-state index in [9.17, 15) is 4.79 Å². The third-order valence-electron chi connectivity index (χ3n) is 1.70. The van der Waals surface area contributed by atoms with Crippen LogP contribution in [0.3, 0.4) is 0 Å². The van der Waals surface area contributed by atoms with Gasteiger partial charge in [0.2, 0.25) is 5.91 Å². The fraction of sp³-hybridized carbons (Fsp3) is 0.800. The Morgan fingerprint density at radius 2 is 2.56 bits per heavy atom. The van der Waals surface area contributed by atoms with Crippen LogP contribution in [0.5, 0.6) is 0 Å². The summed E-state index contributed by atoms with van der Waals surface area (Å²) in [4.78, 5) is 12.9. The van der Waals surface area contributed by atoms with Crippen molar-refractivity contribution in [2.45, 2.75) is 9.30 Å². The summed E-state index contributed by atoms with van der Waals surface area (Å²) in [5.74, 6) is 1.47. The molecule has 0 N–H and O–H groups in total. The van der Waals surface area contributed by atoms with Gasteiger partial charge in [-0.2, -0.15) is 0 Å². The summed E-state index contributed by atoms with van der Waals surface area (Å²) < 4.78 is 0.273. The molecule has 1 unspecified atom stereocenters. The van der Waals surface area contributed by atoms with Gasteiger partial charge in [0.25, 0.3) is 0 Å². The second kappa shape index (κ2) is 2.02. The minimum absolute atomic E-state index is 0.273. The molecule has 2 heterocycles. The largest absolute Gasteiger partial charge is 0.327 e. The van der Waals surface area contributed by atoms with Crippen LogP contribution in [0.2, 0.25) is 0 Å². The predicted molar refractivity (Wildman–Crippen MR) is 45.8 cm³/mol. The second-order valence-corrected chi connectivity index (χ2v) is 4.76. The molecular formula is C5H6INOS. The minimum atomic E-state index is 0.273. The zero-order valence-corrected chi connectivity index (χ0v) is 7.68. The normalized spacial score (nSPS) is 40.6. The van der Waals surface area contributed by atoms with E-state index in [0.717, 1.165) is 12.3 Å². The molecule has 9 heavy (non-hydrogen) atoms. The summed E-state index contributed by atoms with van der Waals surface area (Å²) in [6, 6.07) is 0. The van der Waals surface area contributed by atoms with Gasteiger partial charge in [-0.25, -0.2) is 0 Å². The molecule has 50 valence electrons. The molecule has 2 nitrogen and oxygen atoms in total. The third kappa shape index (κ3) is 0.721. The first-order valence-corrected chi connectivity index (χ1v) is 5.16. The molecule has 0 aliphatic carbocycles. The van der Waals surface area contributed by atoms with E-state index >= 15 is 0 Å². The van der Waals surface area contributed by atoms with Gasteiger partial charge >= 0.3 is 0 Å². The summed E-state index contributed by atoms with van der Waals surface area (Å²) in [5, 5.41) is 0.526. The van der Waals surface area contributed by atoms with Crippen LogP contribution in [0.4, 0.5) is 0 Å². The topological polar surface area (TPSA) is 20.3 Å². The van der Waals surface area contributed by atoms with Crippen LogP contribution >= 0.6 is 34.4 Å². The first-order chi connectivity index (χ1) is 4.30. The molecule has 2 aliphatic heterocycles. The lowest BCUT2D eigenvalue weighted by Crippen LogP contribution is -2.57. The molecule has 1 amide bonds. The van der Waals surface area contributed by atoms with Crippen LogP contribution in [-0.2, 0) is 4.79 Å². The maximum Gasteiger partial charge on any atom is 0.239 e. The number of carbonyl (C=O) groups excluding carboxylic acids is 1. The zero-order chi connectivity index (χ0) is 6.43. The second-order valence-electron chi connectivity index (χ2n) is 2.19. The van der Waals surface area contributed by atoms with Gasteiger partial charge in [0.15, 0.2) is 0 Å². The van der Waals surface area contributed by atoms with Gasteiger partial charge in [0.1, 0.15) is 3.92 Å². The van der Waals surface area contributed by atoms with Crippen molar-refractivity contribution in [3.05, 3.63) is 0 Å². The molecule has 2 fully saturated rings. The lowest BCUT2D eigenvalue weighted by atomic mass is 10.2. The van der Waals surface area contributed by atoms with Crippen LogP contribution in [0.15, 0.2) is 0 Å². The molecule has 0 radical (unpaired) electrons. The van der Waals surface area contributed by atoms with Gasteiger partial charge in [-0.1, -0.05) is 22.6 Å². The number of thioether (sulfide) groups is 1. The molecule has 0 bridgehead atoms. The van der Waals surface area contributed by atoms with E-state index in [1.165, 1.54) is 0 Å². The number of hydrogen-bond acceptors (Lipinski definition) is 2. The Balaban J connectivity index is 2.14. The van der Waals surface area contributed by atoms with E-state index in [2.05, 4.69) is 22.6 Å². The molecule has 2 rings (SSSR count). The van der Waals surface area contributed by atoms with E-state index < -0.39 is 0 Å². The monoisotopic (exact) mass is 255 g/mol. The van der Waals surface area contributed by atoms with Crippen molar-refractivity contribution in [3.63, 3.8) is 0 Å². The molecule has 0 spiro atoms. The van der Waals surface area contributed by atoms with Crippen molar-refractivity contribution >= 4 is 40.3 Å². The van der Waals surface area contributed by atoms with Gasteiger partial charge in [-0.05, 0) is 0 Å². The predicted octanol–water partition coefficient (Wildman–Crippen LogP) is 0.705. The number of amides is 1. The smallest absolute Gasteiger partial charge is 0.239 e. The van der Waals surface area contributed by atoms with E-state index in [-0.39, 0.29) is 3.92 Å². The average Bonchev–Trinajstić information content (AvgIpc) is 2.30. The lowest BCUT2D eigenvalue weighted by Gasteiger charge is -2.38. The molecule has 0 aromatic heterocycles. The van der Waals surface area contributed by atoms with E-state index in [1.54, 1.807) is 0 Å². The summed E-state index contributed by atoms with van der Waals surface area (Å²) in [6.07, 6.45) is 0. The molecule has 4 heteroatoms. The average molecular weight is 255 g/mol. The van der Waals surface area contributed by atoms with Crippen LogP contribution in [-0.4, -0.2) is 32.4 Å². The fourth-order valence-corrected chi connectivity index (χ4v) is 3.75. The number of rotatable bonds is 0. The van der Waals surface area contributed by atoms with Gasteiger partial charge in [-0.3, -0.25) is 4.79 Å². The Kier molecular flexibility index (Phi) is 1.40. The highest BCUT2D eigenvalue weighted by Crippen LogP contribution is 2.39. The number of alkyl halides is 1. The first kappa shape index (κ1) is 6.27. The van der Waals surface area contributed by atoms with Crippen molar-refractivity contribution in [1.29, 1.82) is 0 Å². The highest BCUT2D eigenvalue weighted by molar-refractivity contribution is 14.1. The van der Waals surface area contributed by atoms with Crippen molar-refractivity contribution in [2.75, 3.05) is 12.3 Å². The summed E-state index contributed by atoms with van der Waals surface area (Å²) in [5.41, 5.74) is 0. The highest BCUT2D eigenvalue weighted by Gasteiger charge is 2.48. The van der Waals surface area contributed by atoms with Crippen molar-refractivity contribution in [1.82, 2.24) is 4.90 Å². The number of fused-ring (bicyclic) bond motifs is 1. The summed E-state index contributed by atoms with van der Waals surface area (Å²) in [6.45, 7) is 0.980. The molecule has 2 saturated heterocycles. The Bertz CT molecular complexity index is 163. The molecule has 0 saturated carbocycles. The molecular weight excluding hydrogens is 249 g/mol. The Labute approximate surface area is 71.5 Å². The van der Waals surface area contributed by atoms with Gasteiger partial charge in [-0.15, -0.1) is 11.8 Å². The minimum Gasteiger partial charge on any atom is -0.327 e. The van der Waals surface area contributed by atoms with Crippen molar-refractivity contribution in [3.8, 4) is 0 Å². The van der Waals surface area contributed by atoms with E-state index in [1.807, 2.05) is 16.7 Å². The first-order valence-electron chi connectivity index (χ1n) is 2.87. The zero-order valence-electron chi connectivity index (χ0n) is 4.71. The van der Waals surface area contributed by atoms with Crippen LogP contribution in [0.1, 0.15) is 0 Å². The third-order valence-corrected chi connectivity index (χ3v) is 4.69. The van der Waals surface area contributed by atoms with E-state index in [4.69, 9.17) is 0 Å². The summed E-state index contributed by atoms with van der Waals surface area (Å²) >= 11 is 4.13. The molecule has 0 aromatic rings. The van der Waals surface area contributed by atoms with Crippen molar-refractivity contribution in [2.24, 2.45) is 0 Å². The van der Waals surface area contributed by atoms with Crippen LogP contribution in [0, 0.1) is 0 Å². The van der Waals surface area contributed by atoms with Crippen molar-refractivity contribution < 1.29 is 4.79 Å². The fourth-order valence-electron chi connectivity index (χ4n) is 1.17. The van der Waals surface area contributed by atoms with Crippen LogP contribution < -0.4 is 0 Å². The van der Waals surface area contributed by atoms with Gasteiger partial charge in [0.05, 0.1) is 5.37 Å². The standard InChI is InChI=1S/C5H6INOS/c6-3-4(8)7-1-2-9-5(3)7/h3,5H,1-2H2/t3?,5-/m0/s1. The maximum atomic E-state index is 10.9. The SMILES string of the molecule is O=C1C(I)[C@@H]2SCCN12. The number of nitrogens with zero attached hydrogens (tertiary/aromatic N) is 1.